The molecule has 2 saturated carbocycles. The van der Waals surface area contributed by atoms with Crippen LogP contribution in [-0.2, 0) is 10.2 Å². The van der Waals surface area contributed by atoms with E-state index in [1.807, 2.05) is 0 Å². The van der Waals surface area contributed by atoms with Crippen molar-refractivity contribution in [3.8, 4) is 0 Å². The quantitative estimate of drug-likeness (QED) is 0.559. The molecule has 0 bridgehead atoms. The van der Waals surface area contributed by atoms with Crippen molar-refractivity contribution in [1.82, 2.24) is 10.6 Å². The zero-order valence-electron chi connectivity index (χ0n) is 22.0. The number of nitrogens with zero attached hydrogens (tertiary/aromatic N) is 1. The van der Waals surface area contributed by atoms with Gasteiger partial charge in [0.15, 0.2) is 0 Å². The third-order valence-electron chi connectivity index (χ3n) is 9.80. The molecular weight excluding hydrogens is 430 g/mol. The molecule has 1 aliphatic heterocycles. The maximum Gasteiger partial charge on any atom is 0.221 e. The lowest BCUT2D eigenvalue weighted by atomic mass is 9.54. The molecule has 2 N–H and O–H groups in total. The van der Waals surface area contributed by atoms with E-state index in [1.165, 1.54) is 42.5 Å². The molecule has 188 valence electrons. The Bertz CT molecular complexity index is 1030. The average Bonchev–Trinajstić information content (AvgIpc) is 3.08. The van der Waals surface area contributed by atoms with Gasteiger partial charge in [-0.3, -0.25) is 4.79 Å². The van der Waals surface area contributed by atoms with Crippen molar-refractivity contribution in [3.05, 3.63) is 65.7 Å². The van der Waals surface area contributed by atoms with E-state index in [4.69, 9.17) is 0 Å². The van der Waals surface area contributed by atoms with Crippen LogP contribution in [0.3, 0.4) is 0 Å². The molecule has 2 aromatic rings. The molecule has 3 unspecified atom stereocenters. The fraction of sp³-hybridized carbons (Fsp3) is 0.581. The first kappa shape index (κ1) is 24.4. The van der Waals surface area contributed by atoms with E-state index < -0.39 is 0 Å². The minimum atomic E-state index is 0.0969. The fourth-order valence-electron chi connectivity index (χ4n) is 7.50. The second kappa shape index (κ2) is 9.61. The van der Waals surface area contributed by atoms with E-state index in [0.717, 1.165) is 19.4 Å². The predicted octanol–water partition coefficient (Wildman–Crippen LogP) is 5.77. The number of nitrogens with one attached hydrogen (secondary N) is 2. The number of rotatable bonds is 6. The number of anilines is 1. The standard InChI is InChI=1S/C31H43N3O/c1-30(2)21-25(20-28-31(30,3)26-12-8-9-13-27(26)34(28)4)33-29(35)18-19-32-24-16-14-23(15-17-24)22-10-6-5-7-11-22/h5-13,23-25,28,32H,14-21H2,1-4H3,(H,33,35). The van der Waals surface area contributed by atoms with E-state index in [9.17, 15) is 4.79 Å². The number of hydrogen-bond donors (Lipinski definition) is 2. The number of fused-ring (bicyclic) bond motifs is 3. The third-order valence-corrected chi connectivity index (χ3v) is 9.80. The van der Waals surface area contributed by atoms with Gasteiger partial charge in [0.1, 0.15) is 0 Å². The van der Waals surface area contributed by atoms with Crippen LogP contribution in [0.15, 0.2) is 54.6 Å². The van der Waals surface area contributed by atoms with Crippen LogP contribution in [0.1, 0.15) is 82.8 Å². The van der Waals surface area contributed by atoms with Gasteiger partial charge in [-0.2, -0.15) is 0 Å². The van der Waals surface area contributed by atoms with Crippen LogP contribution in [0.25, 0.3) is 0 Å². The van der Waals surface area contributed by atoms with E-state index in [-0.39, 0.29) is 22.8 Å². The number of carbonyl (C=O) groups excluding carboxylic acids is 1. The molecule has 0 saturated heterocycles. The van der Waals surface area contributed by atoms with Crippen LogP contribution in [0.2, 0.25) is 0 Å². The first-order chi connectivity index (χ1) is 16.8. The molecule has 1 heterocycles. The minimum absolute atomic E-state index is 0.0969. The Kier molecular flexibility index (Phi) is 6.69. The summed E-state index contributed by atoms with van der Waals surface area (Å²) in [6.45, 7) is 7.99. The molecule has 4 nitrogen and oxygen atoms in total. The Labute approximate surface area is 211 Å². The van der Waals surface area contributed by atoms with E-state index in [1.54, 1.807) is 0 Å². The summed E-state index contributed by atoms with van der Waals surface area (Å²) in [6, 6.07) is 21.0. The van der Waals surface area contributed by atoms with Gasteiger partial charge in [-0.15, -0.1) is 0 Å². The molecule has 0 aromatic heterocycles. The van der Waals surface area contributed by atoms with Crippen molar-refractivity contribution < 1.29 is 4.79 Å². The molecular formula is C31H43N3O. The van der Waals surface area contributed by atoms with Gasteiger partial charge in [-0.1, -0.05) is 69.3 Å². The molecule has 4 heteroatoms. The van der Waals surface area contributed by atoms with Gasteiger partial charge in [-0.05, 0) is 67.1 Å². The van der Waals surface area contributed by atoms with Crippen LogP contribution in [-0.4, -0.2) is 37.6 Å². The smallest absolute Gasteiger partial charge is 0.221 e. The van der Waals surface area contributed by atoms with Gasteiger partial charge in [0.25, 0.3) is 0 Å². The summed E-state index contributed by atoms with van der Waals surface area (Å²) < 4.78 is 0. The highest BCUT2D eigenvalue weighted by Crippen LogP contribution is 2.59. The number of likely N-dealkylation sites (N-methyl/N-ethyl adjacent to an activating group) is 1. The molecule has 3 aliphatic rings. The Hall–Kier alpha value is -2.33. The van der Waals surface area contributed by atoms with E-state index in [0.29, 0.717) is 24.4 Å². The van der Waals surface area contributed by atoms with E-state index >= 15 is 0 Å². The zero-order valence-corrected chi connectivity index (χ0v) is 22.0. The summed E-state index contributed by atoms with van der Waals surface area (Å²) in [5.74, 6) is 0.885. The summed E-state index contributed by atoms with van der Waals surface area (Å²) in [7, 11) is 2.23. The molecule has 2 aliphatic carbocycles. The molecule has 35 heavy (non-hydrogen) atoms. The fourth-order valence-corrected chi connectivity index (χ4v) is 7.50. The SMILES string of the molecule is CN1c2ccccc2C2(C)C1CC(NC(=O)CCNC1CCC(c3ccccc3)CC1)CC2(C)C. The Balaban J connectivity index is 1.10. The Morgan fingerprint density at radius 3 is 2.37 bits per heavy atom. The van der Waals surface area contributed by atoms with Gasteiger partial charge in [0.2, 0.25) is 5.91 Å². The van der Waals surface area contributed by atoms with Crippen LogP contribution >= 0.6 is 0 Å². The van der Waals surface area contributed by atoms with Crippen molar-refractivity contribution in [2.24, 2.45) is 5.41 Å². The monoisotopic (exact) mass is 473 g/mol. The number of amides is 1. The van der Waals surface area contributed by atoms with Crippen LogP contribution in [0, 0.1) is 5.41 Å². The lowest BCUT2D eigenvalue weighted by Crippen LogP contribution is -2.59. The predicted molar refractivity (Wildman–Crippen MR) is 145 cm³/mol. The van der Waals surface area contributed by atoms with Gasteiger partial charge in [-0.25, -0.2) is 0 Å². The van der Waals surface area contributed by atoms with Crippen molar-refractivity contribution in [1.29, 1.82) is 0 Å². The number of benzene rings is 2. The number of para-hydroxylation sites is 1. The van der Waals surface area contributed by atoms with Crippen molar-refractivity contribution in [2.45, 2.75) is 95.2 Å². The first-order valence-electron chi connectivity index (χ1n) is 13.7. The molecule has 0 radical (unpaired) electrons. The van der Waals surface area contributed by atoms with Crippen LogP contribution in [0.5, 0.6) is 0 Å². The largest absolute Gasteiger partial charge is 0.370 e. The zero-order chi connectivity index (χ0) is 24.6. The Morgan fingerprint density at radius 2 is 1.63 bits per heavy atom. The molecule has 5 rings (SSSR count). The topological polar surface area (TPSA) is 44.4 Å². The molecule has 0 spiro atoms. The van der Waals surface area contributed by atoms with Gasteiger partial charge in [0.05, 0.1) is 0 Å². The number of hydrogen-bond acceptors (Lipinski definition) is 3. The van der Waals surface area contributed by atoms with Gasteiger partial charge >= 0.3 is 0 Å². The summed E-state index contributed by atoms with van der Waals surface area (Å²) in [5.41, 5.74) is 4.50. The van der Waals surface area contributed by atoms with Crippen LogP contribution in [0.4, 0.5) is 5.69 Å². The first-order valence-corrected chi connectivity index (χ1v) is 13.7. The van der Waals surface area contributed by atoms with E-state index in [2.05, 4.69) is 97.9 Å². The van der Waals surface area contributed by atoms with Crippen molar-refractivity contribution in [3.63, 3.8) is 0 Å². The third kappa shape index (κ3) is 4.50. The molecule has 2 fully saturated rings. The second-order valence-corrected chi connectivity index (χ2v) is 12.1. The minimum Gasteiger partial charge on any atom is -0.370 e. The lowest BCUT2D eigenvalue weighted by molar-refractivity contribution is -0.122. The molecule has 3 atom stereocenters. The molecule has 1 amide bonds. The number of carbonyl (C=O) groups is 1. The van der Waals surface area contributed by atoms with Gasteiger partial charge in [0, 0.05) is 49.2 Å². The van der Waals surface area contributed by atoms with Crippen LogP contribution < -0.4 is 15.5 Å². The normalized spacial score (nSPS) is 31.5. The summed E-state index contributed by atoms with van der Waals surface area (Å²) in [6.07, 6.45) is 7.46. The Morgan fingerprint density at radius 1 is 0.943 bits per heavy atom. The maximum atomic E-state index is 12.9. The van der Waals surface area contributed by atoms with Crippen molar-refractivity contribution >= 4 is 11.6 Å². The highest BCUT2D eigenvalue weighted by molar-refractivity contribution is 5.76. The second-order valence-electron chi connectivity index (χ2n) is 12.1. The summed E-state index contributed by atoms with van der Waals surface area (Å²) in [5, 5.41) is 7.08. The van der Waals surface area contributed by atoms with Gasteiger partial charge < -0.3 is 15.5 Å². The highest BCUT2D eigenvalue weighted by atomic mass is 16.1. The highest BCUT2D eigenvalue weighted by Gasteiger charge is 2.58. The lowest BCUT2D eigenvalue weighted by Gasteiger charge is -2.53. The summed E-state index contributed by atoms with van der Waals surface area (Å²) in [4.78, 5) is 15.4. The van der Waals surface area contributed by atoms with Crippen molar-refractivity contribution in [2.75, 3.05) is 18.5 Å². The maximum absolute atomic E-state index is 12.9. The summed E-state index contributed by atoms with van der Waals surface area (Å²) >= 11 is 0. The average molecular weight is 474 g/mol. The molecule has 2 aromatic carbocycles.